The Kier molecular flexibility index (Phi) is 6.89. The number of carbonyl (C=O) groups excluding carboxylic acids is 1. The van der Waals surface area contributed by atoms with E-state index in [1.807, 2.05) is 24.3 Å². The molecule has 0 aliphatic carbocycles. The fraction of sp³-hybridized carbons (Fsp3) is 0.214. The Balaban J connectivity index is 0.00000253. The first-order valence-electron chi connectivity index (χ1n) is 11.7. The van der Waals surface area contributed by atoms with Crippen LogP contribution in [0.5, 0.6) is 0 Å². The van der Waals surface area contributed by atoms with Gasteiger partial charge in [0.1, 0.15) is 10.0 Å². The molecule has 2 aromatic heterocycles. The van der Waals surface area contributed by atoms with Gasteiger partial charge in [-0.25, -0.2) is 4.98 Å². The van der Waals surface area contributed by atoms with Crippen LogP contribution in [0.25, 0.3) is 31.6 Å². The molecule has 1 aliphatic rings. The summed E-state index contributed by atoms with van der Waals surface area (Å²) in [5, 5.41) is 7.52. The second-order valence-electron chi connectivity index (χ2n) is 8.68. The van der Waals surface area contributed by atoms with Crippen LogP contribution < -0.4 is 5.32 Å². The lowest BCUT2D eigenvalue weighted by molar-refractivity contribution is -0.115. The number of thiophene rings is 1. The largest absolute Gasteiger partial charge is 0.317 e. The Hall–Kier alpha value is -2.77. The number of likely N-dealkylation sites (N-methyl/N-ethyl adjacent to an activating group) is 1. The molecule has 0 fully saturated rings. The van der Waals surface area contributed by atoms with Crippen molar-refractivity contribution >= 4 is 67.0 Å². The Labute approximate surface area is 219 Å². The average molecular weight is 520 g/mol. The monoisotopic (exact) mass is 519 g/mol. The zero-order chi connectivity index (χ0) is 23.1. The summed E-state index contributed by atoms with van der Waals surface area (Å²) in [5.74, 6) is 0.0182. The number of nitrogens with one attached hydrogen (secondary N) is 1. The zero-order valence-electron chi connectivity index (χ0n) is 19.4. The maximum absolute atomic E-state index is 13.3. The van der Waals surface area contributed by atoms with E-state index in [1.165, 1.54) is 15.1 Å². The molecule has 0 radical (unpaired) electrons. The van der Waals surface area contributed by atoms with Crippen molar-refractivity contribution in [1.29, 1.82) is 0 Å². The molecule has 0 saturated carbocycles. The minimum atomic E-state index is 0. The number of amides is 1. The number of fused-ring (bicyclic) bond motifs is 3. The van der Waals surface area contributed by atoms with Crippen LogP contribution in [-0.4, -0.2) is 28.9 Å². The molecule has 178 valence electrons. The number of thiazole rings is 1. The number of hydrogen-bond acceptors (Lipinski definition) is 5. The smallest absolute Gasteiger partial charge is 0.229 e. The molecular formula is C28H26ClN3OS2. The lowest BCUT2D eigenvalue weighted by Gasteiger charge is -2.25. The third-order valence-corrected chi connectivity index (χ3v) is 8.76. The van der Waals surface area contributed by atoms with Crippen LogP contribution in [0.2, 0.25) is 0 Å². The van der Waals surface area contributed by atoms with Crippen LogP contribution in [0.3, 0.4) is 0 Å². The number of benzene rings is 3. The molecule has 0 spiro atoms. The van der Waals surface area contributed by atoms with Gasteiger partial charge in [0.2, 0.25) is 5.91 Å². The van der Waals surface area contributed by atoms with Gasteiger partial charge in [0, 0.05) is 23.5 Å². The summed E-state index contributed by atoms with van der Waals surface area (Å²) >= 11 is 3.43. The lowest BCUT2D eigenvalue weighted by atomic mass is 10.0. The van der Waals surface area contributed by atoms with E-state index in [0.717, 1.165) is 63.5 Å². The summed E-state index contributed by atoms with van der Waals surface area (Å²) in [6.45, 7) is 5.23. The Morgan fingerprint density at radius 2 is 1.83 bits per heavy atom. The Morgan fingerprint density at radius 3 is 2.69 bits per heavy atom. The van der Waals surface area contributed by atoms with Crippen LogP contribution in [0.15, 0.2) is 66.7 Å². The fourth-order valence-electron chi connectivity index (χ4n) is 4.81. The number of aromatic nitrogens is 1. The van der Waals surface area contributed by atoms with Crippen LogP contribution in [-0.2, 0) is 24.2 Å². The highest BCUT2D eigenvalue weighted by Gasteiger charge is 2.27. The molecule has 3 aromatic carbocycles. The summed E-state index contributed by atoms with van der Waals surface area (Å²) in [4.78, 5) is 22.0. The van der Waals surface area contributed by atoms with Crippen LogP contribution in [0.1, 0.15) is 22.9 Å². The molecule has 7 heteroatoms. The van der Waals surface area contributed by atoms with Gasteiger partial charge in [-0.05, 0) is 47.0 Å². The lowest BCUT2D eigenvalue weighted by Crippen LogP contribution is -2.29. The second-order valence-corrected chi connectivity index (χ2v) is 10.8. The van der Waals surface area contributed by atoms with Crippen LogP contribution >= 0.6 is 35.1 Å². The molecule has 3 heterocycles. The predicted molar refractivity (Wildman–Crippen MR) is 151 cm³/mol. The molecule has 0 atom stereocenters. The molecule has 1 aliphatic heterocycles. The SMILES string of the molecule is CCN1CCc2c(sc(NC(=O)Cc3cccc4ccccc34)c2-c2nc3ccccc3s2)C1.Cl. The molecular weight excluding hydrogens is 494 g/mol. The maximum Gasteiger partial charge on any atom is 0.229 e. The number of para-hydroxylation sites is 1. The molecule has 1 amide bonds. The summed E-state index contributed by atoms with van der Waals surface area (Å²) in [7, 11) is 0. The normalized spacial score (nSPS) is 13.5. The Bertz CT molecular complexity index is 1490. The summed E-state index contributed by atoms with van der Waals surface area (Å²) in [5.41, 5.74) is 4.55. The number of nitrogens with zero attached hydrogens (tertiary/aromatic N) is 2. The molecule has 4 nitrogen and oxygen atoms in total. The number of anilines is 1. The highest BCUT2D eigenvalue weighted by atomic mass is 35.5. The molecule has 0 saturated heterocycles. The minimum Gasteiger partial charge on any atom is -0.317 e. The van der Waals surface area contributed by atoms with E-state index in [-0.39, 0.29) is 18.3 Å². The van der Waals surface area contributed by atoms with E-state index >= 15 is 0 Å². The summed E-state index contributed by atoms with van der Waals surface area (Å²) < 4.78 is 1.18. The molecule has 6 rings (SSSR count). The third kappa shape index (κ3) is 4.59. The van der Waals surface area contributed by atoms with E-state index in [4.69, 9.17) is 4.98 Å². The quantitative estimate of drug-likeness (QED) is 0.268. The van der Waals surface area contributed by atoms with Crippen molar-refractivity contribution in [2.24, 2.45) is 0 Å². The number of halogens is 1. The van der Waals surface area contributed by atoms with E-state index in [9.17, 15) is 4.79 Å². The molecule has 5 aromatic rings. The van der Waals surface area contributed by atoms with Gasteiger partial charge in [-0.3, -0.25) is 9.69 Å². The number of carbonyl (C=O) groups is 1. The average Bonchev–Trinajstić information content (AvgIpc) is 3.44. The van der Waals surface area contributed by atoms with Gasteiger partial charge in [-0.1, -0.05) is 61.5 Å². The van der Waals surface area contributed by atoms with Crippen molar-refractivity contribution in [2.45, 2.75) is 26.3 Å². The van der Waals surface area contributed by atoms with E-state index in [1.54, 1.807) is 22.7 Å². The van der Waals surface area contributed by atoms with Gasteiger partial charge >= 0.3 is 0 Å². The highest BCUT2D eigenvalue weighted by molar-refractivity contribution is 7.22. The first kappa shape index (κ1) is 23.9. The Morgan fingerprint density at radius 1 is 1.03 bits per heavy atom. The van der Waals surface area contributed by atoms with E-state index < -0.39 is 0 Å². The number of hydrogen-bond donors (Lipinski definition) is 1. The van der Waals surface area contributed by atoms with Gasteiger partial charge in [0.15, 0.2) is 0 Å². The number of rotatable bonds is 5. The molecule has 35 heavy (non-hydrogen) atoms. The van der Waals surface area contributed by atoms with Crippen molar-refractivity contribution in [3.05, 3.63) is 82.7 Å². The molecule has 0 unspecified atom stereocenters. The van der Waals surface area contributed by atoms with Gasteiger partial charge in [0.25, 0.3) is 0 Å². The predicted octanol–water partition coefficient (Wildman–Crippen LogP) is 7.16. The van der Waals surface area contributed by atoms with Gasteiger partial charge in [-0.15, -0.1) is 35.1 Å². The standard InChI is InChI=1S/C28H25N3OS2.ClH/c1-2-31-15-14-21-24(17-31)34-28(26(21)27-29-22-12-5-6-13-23(22)33-27)30-25(32)16-19-10-7-9-18-8-3-4-11-20(18)19;/h3-13H,2,14-17H2,1H3,(H,30,32);1H. The van der Waals surface area contributed by atoms with E-state index in [2.05, 4.69) is 59.6 Å². The third-order valence-electron chi connectivity index (χ3n) is 6.57. The van der Waals surface area contributed by atoms with Crippen molar-refractivity contribution in [2.75, 3.05) is 18.4 Å². The molecule has 1 N–H and O–H groups in total. The van der Waals surface area contributed by atoms with Crippen molar-refractivity contribution < 1.29 is 4.79 Å². The van der Waals surface area contributed by atoms with Gasteiger partial charge in [0.05, 0.1) is 16.6 Å². The highest BCUT2D eigenvalue weighted by Crippen LogP contribution is 2.45. The van der Waals surface area contributed by atoms with Gasteiger partial charge < -0.3 is 5.32 Å². The van der Waals surface area contributed by atoms with Crippen molar-refractivity contribution in [1.82, 2.24) is 9.88 Å². The van der Waals surface area contributed by atoms with Gasteiger partial charge in [-0.2, -0.15) is 0 Å². The zero-order valence-corrected chi connectivity index (χ0v) is 21.9. The van der Waals surface area contributed by atoms with Crippen molar-refractivity contribution in [3.8, 4) is 10.6 Å². The molecule has 0 bridgehead atoms. The van der Waals surface area contributed by atoms with E-state index in [0.29, 0.717) is 6.42 Å². The minimum absolute atomic E-state index is 0. The summed E-state index contributed by atoms with van der Waals surface area (Å²) in [6.07, 6.45) is 1.34. The topological polar surface area (TPSA) is 45.2 Å². The van der Waals surface area contributed by atoms with Crippen LogP contribution in [0.4, 0.5) is 5.00 Å². The second kappa shape index (κ2) is 10.1. The maximum atomic E-state index is 13.3. The first-order chi connectivity index (χ1) is 16.7. The first-order valence-corrected chi connectivity index (χ1v) is 13.3. The van der Waals surface area contributed by atoms with Crippen LogP contribution in [0, 0.1) is 0 Å². The summed E-state index contributed by atoms with van der Waals surface area (Å²) in [6, 6.07) is 22.7. The van der Waals surface area contributed by atoms with Crippen molar-refractivity contribution in [3.63, 3.8) is 0 Å². The fourth-order valence-corrected chi connectivity index (χ4v) is 7.23.